The Morgan fingerprint density at radius 1 is 1.00 bits per heavy atom. The van der Waals surface area contributed by atoms with Gasteiger partial charge >= 0.3 is 0 Å². The molecular formula is C15H13Br2Cl2N. The van der Waals surface area contributed by atoms with Gasteiger partial charge in [-0.2, -0.15) is 0 Å². The Labute approximate surface area is 145 Å². The summed E-state index contributed by atoms with van der Waals surface area (Å²) in [5.74, 6) is 0. The molecule has 106 valence electrons. The van der Waals surface area contributed by atoms with Crippen LogP contribution in [0.15, 0.2) is 39.3 Å². The molecule has 20 heavy (non-hydrogen) atoms. The molecule has 0 aliphatic rings. The Bertz CT molecular complexity index is 644. The molecule has 5 heteroatoms. The minimum absolute atomic E-state index is 0.00829. The van der Waals surface area contributed by atoms with E-state index in [0.717, 1.165) is 20.1 Å². The van der Waals surface area contributed by atoms with Crippen LogP contribution in [0.4, 0.5) is 0 Å². The van der Waals surface area contributed by atoms with Crippen molar-refractivity contribution in [2.45, 2.75) is 13.0 Å². The highest BCUT2D eigenvalue weighted by Crippen LogP contribution is 2.36. The van der Waals surface area contributed by atoms with Crippen LogP contribution in [0, 0.1) is 6.92 Å². The van der Waals surface area contributed by atoms with Crippen molar-refractivity contribution in [2.75, 3.05) is 7.05 Å². The fraction of sp³-hybridized carbons (Fsp3) is 0.200. The van der Waals surface area contributed by atoms with Crippen molar-refractivity contribution in [3.8, 4) is 0 Å². The molecule has 0 amide bonds. The lowest BCUT2D eigenvalue weighted by atomic mass is 9.98. The molecule has 1 atom stereocenters. The molecule has 0 radical (unpaired) electrons. The van der Waals surface area contributed by atoms with Gasteiger partial charge in [0, 0.05) is 19.0 Å². The number of hydrogen-bond acceptors (Lipinski definition) is 1. The molecule has 0 spiro atoms. The zero-order chi connectivity index (χ0) is 14.9. The number of hydrogen-bond donors (Lipinski definition) is 1. The predicted octanol–water partition coefficient (Wildman–Crippen LogP) is 6.14. The summed E-state index contributed by atoms with van der Waals surface area (Å²) in [6, 6.07) is 9.75. The topological polar surface area (TPSA) is 12.0 Å². The van der Waals surface area contributed by atoms with Crippen LogP contribution < -0.4 is 5.32 Å². The van der Waals surface area contributed by atoms with Crippen molar-refractivity contribution in [3.63, 3.8) is 0 Å². The Hall–Kier alpha value is -0.0600. The SMILES string of the molecule is CNC(c1ccc(Cl)cc1Cl)c1cc(Br)c(C)cc1Br. The standard InChI is InChI=1S/C15H13Br2Cl2N/c1-8-5-13(17)11(7-12(8)16)15(20-2)10-4-3-9(18)6-14(10)19/h3-7,15,20H,1-2H3. The number of rotatable bonds is 3. The summed E-state index contributed by atoms with van der Waals surface area (Å²) in [7, 11) is 1.91. The van der Waals surface area contributed by atoms with Crippen molar-refractivity contribution < 1.29 is 0 Å². The first kappa shape index (κ1) is 16.3. The van der Waals surface area contributed by atoms with Gasteiger partial charge in [0.05, 0.1) is 6.04 Å². The van der Waals surface area contributed by atoms with Gasteiger partial charge in [-0.15, -0.1) is 0 Å². The van der Waals surface area contributed by atoms with Gasteiger partial charge in [-0.3, -0.25) is 0 Å². The maximum atomic E-state index is 6.32. The van der Waals surface area contributed by atoms with Gasteiger partial charge in [0.2, 0.25) is 0 Å². The number of nitrogens with one attached hydrogen (secondary N) is 1. The van der Waals surface area contributed by atoms with E-state index in [0.29, 0.717) is 10.0 Å². The van der Waals surface area contributed by atoms with Crippen molar-refractivity contribution in [2.24, 2.45) is 0 Å². The molecule has 1 nitrogen and oxygen atoms in total. The maximum absolute atomic E-state index is 6.32. The summed E-state index contributed by atoms with van der Waals surface area (Å²) < 4.78 is 2.12. The van der Waals surface area contributed by atoms with Crippen molar-refractivity contribution in [1.29, 1.82) is 0 Å². The molecule has 0 aliphatic carbocycles. The third-order valence-corrected chi connectivity index (χ3v) is 5.25. The van der Waals surface area contributed by atoms with Gasteiger partial charge < -0.3 is 5.32 Å². The summed E-state index contributed by atoms with van der Waals surface area (Å²) in [4.78, 5) is 0. The third kappa shape index (κ3) is 3.40. The van der Waals surface area contributed by atoms with Gasteiger partial charge in [0.25, 0.3) is 0 Å². The minimum Gasteiger partial charge on any atom is -0.309 e. The Balaban J connectivity index is 2.55. The molecule has 0 aromatic heterocycles. The lowest BCUT2D eigenvalue weighted by molar-refractivity contribution is 0.688. The first-order valence-electron chi connectivity index (χ1n) is 6.01. The van der Waals surface area contributed by atoms with Crippen LogP contribution in [0.5, 0.6) is 0 Å². The first-order valence-corrected chi connectivity index (χ1v) is 8.36. The van der Waals surface area contributed by atoms with Gasteiger partial charge in [-0.05, 0) is 54.9 Å². The molecule has 0 bridgehead atoms. The van der Waals surface area contributed by atoms with Crippen LogP contribution in [0.2, 0.25) is 10.0 Å². The number of aryl methyl sites for hydroxylation is 1. The fourth-order valence-electron chi connectivity index (χ4n) is 2.10. The van der Waals surface area contributed by atoms with Crippen molar-refractivity contribution >= 4 is 55.1 Å². The zero-order valence-electron chi connectivity index (χ0n) is 11.0. The average molecular weight is 438 g/mol. The van der Waals surface area contributed by atoms with Crippen LogP contribution in [0.25, 0.3) is 0 Å². The number of halogens is 4. The lowest BCUT2D eigenvalue weighted by Gasteiger charge is -2.21. The molecule has 0 saturated carbocycles. The van der Waals surface area contributed by atoms with Crippen LogP contribution in [0.1, 0.15) is 22.7 Å². The Kier molecular flexibility index (Phi) is 5.55. The Morgan fingerprint density at radius 3 is 2.30 bits per heavy atom. The largest absolute Gasteiger partial charge is 0.309 e. The van der Waals surface area contributed by atoms with Gasteiger partial charge in [-0.1, -0.05) is 61.1 Å². The van der Waals surface area contributed by atoms with Crippen LogP contribution >= 0.6 is 55.1 Å². The van der Waals surface area contributed by atoms with Crippen molar-refractivity contribution in [1.82, 2.24) is 5.32 Å². The molecule has 1 N–H and O–H groups in total. The van der Waals surface area contributed by atoms with Gasteiger partial charge in [0.15, 0.2) is 0 Å². The minimum atomic E-state index is -0.00829. The van der Waals surface area contributed by atoms with Crippen LogP contribution in [0.3, 0.4) is 0 Å². The first-order chi connectivity index (χ1) is 9.43. The molecule has 0 heterocycles. The summed E-state index contributed by atoms with van der Waals surface area (Å²) >= 11 is 19.5. The second kappa shape index (κ2) is 6.80. The van der Waals surface area contributed by atoms with E-state index in [-0.39, 0.29) is 6.04 Å². The quantitative estimate of drug-likeness (QED) is 0.608. The molecular weight excluding hydrogens is 425 g/mol. The molecule has 0 aliphatic heterocycles. The summed E-state index contributed by atoms with van der Waals surface area (Å²) in [6.07, 6.45) is 0. The zero-order valence-corrected chi connectivity index (χ0v) is 15.7. The van der Waals surface area contributed by atoms with E-state index in [2.05, 4.69) is 56.2 Å². The van der Waals surface area contributed by atoms with E-state index in [1.165, 1.54) is 5.56 Å². The molecule has 2 rings (SSSR count). The van der Waals surface area contributed by atoms with E-state index in [4.69, 9.17) is 23.2 Å². The molecule has 0 saturated heterocycles. The maximum Gasteiger partial charge on any atom is 0.0600 e. The normalized spacial score (nSPS) is 12.5. The lowest BCUT2D eigenvalue weighted by Crippen LogP contribution is -2.18. The summed E-state index contributed by atoms with van der Waals surface area (Å²) in [6.45, 7) is 2.06. The van der Waals surface area contributed by atoms with E-state index >= 15 is 0 Å². The molecule has 1 unspecified atom stereocenters. The molecule has 0 fully saturated rings. The highest BCUT2D eigenvalue weighted by atomic mass is 79.9. The predicted molar refractivity (Wildman–Crippen MR) is 93.9 cm³/mol. The van der Waals surface area contributed by atoms with Gasteiger partial charge in [-0.25, -0.2) is 0 Å². The number of benzene rings is 2. The molecule has 2 aromatic rings. The summed E-state index contributed by atoms with van der Waals surface area (Å²) in [5.41, 5.74) is 3.29. The highest BCUT2D eigenvalue weighted by molar-refractivity contribution is 9.11. The second-order valence-corrected chi connectivity index (χ2v) is 7.06. The van der Waals surface area contributed by atoms with E-state index in [9.17, 15) is 0 Å². The van der Waals surface area contributed by atoms with Gasteiger partial charge in [0.1, 0.15) is 0 Å². The highest BCUT2D eigenvalue weighted by Gasteiger charge is 2.19. The average Bonchev–Trinajstić information content (AvgIpc) is 2.38. The monoisotopic (exact) mass is 435 g/mol. The Morgan fingerprint density at radius 2 is 1.70 bits per heavy atom. The van der Waals surface area contributed by atoms with Crippen LogP contribution in [-0.2, 0) is 0 Å². The van der Waals surface area contributed by atoms with Crippen molar-refractivity contribution in [3.05, 3.63) is 66.0 Å². The summed E-state index contributed by atoms with van der Waals surface area (Å²) in [5, 5.41) is 4.59. The molecule has 2 aromatic carbocycles. The van der Waals surface area contributed by atoms with E-state index in [1.807, 2.05) is 19.2 Å². The fourth-order valence-corrected chi connectivity index (χ4v) is 3.66. The third-order valence-electron chi connectivity index (χ3n) is 3.15. The smallest absolute Gasteiger partial charge is 0.0600 e. The second-order valence-electron chi connectivity index (χ2n) is 4.51. The van der Waals surface area contributed by atoms with E-state index in [1.54, 1.807) is 6.07 Å². The van der Waals surface area contributed by atoms with Crippen LogP contribution in [-0.4, -0.2) is 7.05 Å². The van der Waals surface area contributed by atoms with E-state index < -0.39 is 0 Å².